The van der Waals surface area contributed by atoms with Crippen molar-refractivity contribution in [3.8, 4) is 5.75 Å². The molecule has 1 aliphatic heterocycles. The molecule has 2 rings (SSSR count). The van der Waals surface area contributed by atoms with E-state index in [0.717, 1.165) is 4.90 Å². The van der Waals surface area contributed by atoms with Gasteiger partial charge in [0.1, 0.15) is 5.75 Å². The first kappa shape index (κ1) is 18.1. The van der Waals surface area contributed by atoms with E-state index in [1.54, 1.807) is 24.3 Å². The standard InChI is InChI=1S/C16H19ClN2O5/c1-10(13(20)19-9-8-18-15(19)22)23-14(21)16(2,3)24-12-6-4-11(17)5-7-12/h4-7,10H,8-9H2,1-3H3,(H,18,22). The van der Waals surface area contributed by atoms with E-state index >= 15 is 0 Å². The zero-order valence-corrected chi connectivity index (χ0v) is 14.4. The van der Waals surface area contributed by atoms with Gasteiger partial charge in [0, 0.05) is 18.1 Å². The van der Waals surface area contributed by atoms with Crippen LogP contribution in [0.4, 0.5) is 4.79 Å². The van der Waals surface area contributed by atoms with E-state index in [1.165, 1.54) is 20.8 Å². The van der Waals surface area contributed by atoms with Gasteiger partial charge in [0.25, 0.3) is 5.91 Å². The Labute approximate surface area is 144 Å². The Morgan fingerprint density at radius 3 is 2.46 bits per heavy atom. The summed E-state index contributed by atoms with van der Waals surface area (Å²) >= 11 is 5.80. The molecule has 1 aliphatic rings. The fraction of sp³-hybridized carbons (Fsp3) is 0.438. The first-order chi connectivity index (χ1) is 11.2. The third-order valence-electron chi connectivity index (χ3n) is 3.43. The number of rotatable bonds is 5. The van der Waals surface area contributed by atoms with E-state index < -0.39 is 29.6 Å². The lowest BCUT2D eigenvalue weighted by Crippen LogP contribution is -2.46. The lowest BCUT2D eigenvalue weighted by Gasteiger charge is -2.26. The van der Waals surface area contributed by atoms with Crippen LogP contribution in [0.3, 0.4) is 0 Å². The highest BCUT2D eigenvalue weighted by molar-refractivity contribution is 6.30. The van der Waals surface area contributed by atoms with Gasteiger partial charge < -0.3 is 14.8 Å². The number of urea groups is 1. The van der Waals surface area contributed by atoms with Gasteiger partial charge in [-0.25, -0.2) is 9.59 Å². The Hall–Kier alpha value is -2.28. The summed E-state index contributed by atoms with van der Waals surface area (Å²) in [6, 6.07) is 6.04. The minimum Gasteiger partial charge on any atom is -0.476 e. The van der Waals surface area contributed by atoms with Crippen LogP contribution >= 0.6 is 11.6 Å². The number of nitrogens with one attached hydrogen (secondary N) is 1. The largest absolute Gasteiger partial charge is 0.476 e. The molecule has 1 saturated heterocycles. The zero-order valence-electron chi connectivity index (χ0n) is 13.7. The van der Waals surface area contributed by atoms with Gasteiger partial charge in [-0.05, 0) is 45.0 Å². The molecule has 0 radical (unpaired) electrons. The van der Waals surface area contributed by atoms with E-state index in [4.69, 9.17) is 21.1 Å². The molecule has 1 atom stereocenters. The Morgan fingerprint density at radius 2 is 1.92 bits per heavy atom. The highest BCUT2D eigenvalue weighted by Gasteiger charge is 2.37. The summed E-state index contributed by atoms with van der Waals surface area (Å²) in [6.45, 7) is 5.12. The van der Waals surface area contributed by atoms with Crippen LogP contribution in [0.15, 0.2) is 24.3 Å². The fourth-order valence-corrected chi connectivity index (χ4v) is 2.22. The predicted octanol–water partition coefficient (Wildman–Crippen LogP) is 1.98. The van der Waals surface area contributed by atoms with Crippen molar-refractivity contribution in [3.63, 3.8) is 0 Å². The number of benzene rings is 1. The lowest BCUT2D eigenvalue weighted by atomic mass is 10.1. The van der Waals surface area contributed by atoms with Gasteiger partial charge in [0.15, 0.2) is 11.7 Å². The zero-order chi connectivity index (χ0) is 17.9. The normalized spacial score (nSPS) is 15.7. The molecule has 8 heteroatoms. The van der Waals surface area contributed by atoms with E-state index in [2.05, 4.69) is 5.32 Å². The molecule has 0 bridgehead atoms. The smallest absolute Gasteiger partial charge is 0.350 e. The number of carbonyl (C=O) groups excluding carboxylic acids is 3. The van der Waals surface area contributed by atoms with Crippen molar-refractivity contribution < 1.29 is 23.9 Å². The SMILES string of the molecule is CC(OC(=O)C(C)(C)Oc1ccc(Cl)cc1)C(=O)N1CCNC1=O. The first-order valence-electron chi connectivity index (χ1n) is 7.45. The summed E-state index contributed by atoms with van der Waals surface area (Å²) in [5.41, 5.74) is -1.31. The van der Waals surface area contributed by atoms with Gasteiger partial charge in [0.2, 0.25) is 0 Å². The average Bonchev–Trinajstić information content (AvgIpc) is 2.94. The molecule has 0 spiro atoms. The summed E-state index contributed by atoms with van der Waals surface area (Å²) in [6.07, 6.45) is -1.09. The van der Waals surface area contributed by atoms with Crippen LogP contribution in [0.2, 0.25) is 5.02 Å². The molecular formula is C16H19ClN2O5. The molecule has 24 heavy (non-hydrogen) atoms. The molecule has 1 aromatic rings. The van der Waals surface area contributed by atoms with E-state index in [1.807, 2.05) is 0 Å². The lowest BCUT2D eigenvalue weighted by molar-refractivity contribution is -0.169. The van der Waals surface area contributed by atoms with Gasteiger partial charge in [-0.3, -0.25) is 9.69 Å². The number of amides is 3. The monoisotopic (exact) mass is 354 g/mol. The molecule has 1 fully saturated rings. The summed E-state index contributed by atoms with van der Waals surface area (Å²) in [5, 5.41) is 3.06. The molecule has 1 aromatic carbocycles. The summed E-state index contributed by atoms with van der Waals surface area (Å²) < 4.78 is 10.8. The second-order valence-corrected chi connectivity index (χ2v) is 6.27. The molecule has 0 aliphatic carbocycles. The van der Waals surface area contributed by atoms with Crippen LogP contribution in [-0.4, -0.2) is 47.6 Å². The average molecular weight is 355 g/mol. The maximum atomic E-state index is 12.3. The summed E-state index contributed by atoms with van der Waals surface area (Å²) in [4.78, 5) is 37.0. The predicted molar refractivity (Wildman–Crippen MR) is 86.8 cm³/mol. The molecule has 0 saturated carbocycles. The number of ether oxygens (including phenoxy) is 2. The third kappa shape index (κ3) is 4.17. The van der Waals surface area contributed by atoms with Crippen molar-refractivity contribution in [3.05, 3.63) is 29.3 Å². The first-order valence-corrected chi connectivity index (χ1v) is 7.83. The number of nitrogens with zero attached hydrogens (tertiary/aromatic N) is 1. The Kier molecular flexibility index (Phi) is 5.33. The Balaban J connectivity index is 1.97. The van der Waals surface area contributed by atoms with Crippen molar-refractivity contribution in [1.29, 1.82) is 0 Å². The molecule has 0 aromatic heterocycles. The maximum absolute atomic E-state index is 12.3. The summed E-state index contributed by atoms with van der Waals surface area (Å²) in [5.74, 6) is -0.835. The third-order valence-corrected chi connectivity index (χ3v) is 3.68. The van der Waals surface area contributed by atoms with E-state index in [9.17, 15) is 14.4 Å². The number of imide groups is 1. The van der Waals surface area contributed by atoms with Crippen molar-refractivity contribution in [1.82, 2.24) is 10.2 Å². The van der Waals surface area contributed by atoms with Crippen LogP contribution < -0.4 is 10.1 Å². The maximum Gasteiger partial charge on any atom is 0.350 e. The van der Waals surface area contributed by atoms with Crippen LogP contribution in [0.1, 0.15) is 20.8 Å². The number of hydrogen-bond acceptors (Lipinski definition) is 5. The highest BCUT2D eigenvalue weighted by atomic mass is 35.5. The van der Waals surface area contributed by atoms with Crippen molar-refractivity contribution in [2.45, 2.75) is 32.5 Å². The van der Waals surface area contributed by atoms with Gasteiger partial charge in [-0.1, -0.05) is 11.6 Å². The van der Waals surface area contributed by atoms with Crippen LogP contribution in [0, 0.1) is 0 Å². The number of halogens is 1. The Bertz CT molecular complexity index is 644. The van der Waals surface area contributed by atoms with Gasteiger partial charge in [0.05, 0.1) is 0 Å². The quantitative estimate of drug-likeness (QED) is 0.817. The van der Waals surface area contributed by atoms with E-state index in [0.29, 0.717) is 17.3 Å². The minimum absolute atomic E-state index is 0.254. The van der Waals surface area contributed by atoms with Crippen molar-refractivity contribution >= 4 is 29.5 Å². The molecule has 1 heterocycles. The fourth-order valence-electron chi connectivity index (χ4n) is 2.09. The van der Waals surface area contributed by atoms with Crippen LogP contribution in [0.5, 0.6) is 5.75 Å². The number of hydrogen-bond donors (Lipinski definition) is 1. The van der Waals surface area contributed by atoms with Gasteiger partial charge in [-0.2, -0.15) is 0 Å². The highest BCUT2D eigenvalue weighted by Crippen LogP contribution is 2.22. The van der Waals surface area contributed by atoms with Crippen LogP contribution in [0.25, 0.3) is 0 Å². The minimum atomic E-state index is -1.31. The topological polar surface area (TPSA) is 84.9 Å². The van der Waals surface area contributed by atoms with Crippen molar-refractivity contribution in [2.75, 3.05) is 13.1 Å². The molecule has 1 unspecified atom stereocenters. The number of carbonyl (C=O) groups is 3. The Morgan fingerprint density at radius 1 is 1.29 bits per heavy atom. The number of esters is 1. The molecule has 130 valence electrons. The van der Waals surface area contributed by atoms with Gasteiger partial charge in [-0.15, -0.1) is 0 Å². The van der Waals surface area contributed by atoms with E-state index in [-0.39, 0.29) is 6.54 Å². The van der Waals surface area contributed by atoms with Crippen molar-refractivity contribution in [2.24, 2.45) is 0 Å². The molecular weight excluding hydrogens is 336 g/mol. The molecule has 7 nitrogen and oxygen atoms in total. The molecule has 3 amide bonds. The second kappa shape index (κ2) is 7.09. The van der Waals surface area contributed by atoms with Gasteiger partial charge >= 0.3 is 12.0 Å². The summed E-state index contributed by atoms with van der Waals surface area (Å²) in [7, 11) is 0. The van der Waals surface area contributed by atoms with Crippen LogP contribution in [-0.2, 0) is 14.3 Å². The molecule has 1 N–H and O–H groups in total. The second-order valence-electron chi connectivity index (χ2n) is 5.84.